The Kier molecular flexibility index (Phi) is 4.69. The van der Waals surface area contributed by atoms with E-state index in [9.17, 15) is 9.90 Å². The first-order valence-electron chi connectivity index (χ1n) is 7.58. The van der Waals surface area contributed by atoms with Crippen LogP contribution in [0.15, 0.2) is 18.2 Å². The van der Waals surface area contributed by atoms with Gasteiger partial charge in [-0.15, -0.1) is 0 Å². The zero-order valence-corrected chi connectivity index (χ0v) is 12.7. The minimum Gasteiger partial charge on any atom is -0.507 e. The van der Waals surface area contributed by atoms with Crippen LogP contribution in [0, 0.1) is 18.8 Å². The molecule has 0 aliphatic carbocycles. The number of rotatable bonds is 2. The second-order valence-corrected chi connectivity index (χ2v) is 6.25. The molecular formula is C17H25NO2. The smallest absolute Gasteiger partial charge is 0.257 e. The van der Waals surface area contributed by atoms with E-state index in [1.165, 1.54) is 6.42 Å². The number of carbonyl (C=O) groups excluding carboxylic acids is 1. The molecule has 2 rings (SSSR count). The van der Waals surface area contributed by atoms with Crippen molar-refractivity contribution >= 4 is 5.91 Å². The molecule has 0 aromatic heterocycles. The zero-order valence-electron chi connectivity index (χ0n) is 12.7. The van der Waals surface area contributed by atoms with Gasteiger partial charge in [-0.1, -0.05) is 25.5 Å². The highest BCUT2D eigenvalue weighted by Gasteiger charge is 2.24. The summed E-state index contributed by atoms with van der Waals surface area (Å²) in [6.07, 6.45) is 3.32. The molecule has 110 valence electrons. The molecule has 1 aliphatic rings. The van der Waals surface area contributed by atoms with E-state index in [0.29, 0.717) is 17.4 Å². The van der Waals surface area contributed by atoms with Crippen LogP contribution in [0.4, 0.5) is 0 Å². The van der Waals surface area contributed by atoms with E-state index in [4.69, 9.17) is 0 Å². The van der Waals surface area contributed by atoms with Crippen LogP contribution in [-0.4, -0.2) is 29.0 Å². The molecule has 0 radical (unpaired) electrons. The van der Waals surface area contributed by atoms with Crippen LogP contribution in [0.5, 0.6) is 5.75 Å². The SMILES string of the molecule is Cc1ccc(O)c(C(=O)N2CCCC(C(C)C)CC2)c1. The molecule has 3 heteroatoms. The number of hydrogen-bond donors (Lipinski definition) is 1. The molecule has 3 nitrogen and oxygen atoms in total. The van der Waals surface area contributed by atoms with Gasteiger partial charge in [0.15, 0.2) is 0 Å². The molecule has 1 fully saturated rings. The molecule has 1 amide bonds. The van der Waals surface area contributed by atoms with E-state index < -0.39 is 0 Å². The number of hydrogen-bond acceptors (Lipinski definition) is 2. The molecule has 1 heterocycles. The average molecular weight is 275 g/mol. The Hall–Kier alpha value is -1.51. The van der Waals surface area contributed by atoms with Crippen molar-refractivity contribution in [1.29, 1.82) is 0 Å². The fraction of sp³-hybridized carbons (Fsp3) is 0.588. The Balaban J connectivity index is 2.11. The molecule has 1 unspecified atom stereocenters. The molecule has 0 spiro atoms. The normalized spacial score (nSPS) is 20.0. The predicted molar refractivity (Wildman–Crippen MR) is 80.9 cm³/mol. The summed E-state index contributed by atoms with van der Waals surface area (Å²) in [5.74, 6) is 1.44. The fourth-order valence-corrected chi connectivity index (χ4v) is 2.98. The molecule has 1 atom stereocenters. The number of likely N-dealkylation sites (tertiary alicyclic amines) is 1. The standard InChI is InChI=1S/C17H25NO2/c1-12(2)14-5-4-9-18(10-8-14)17(20)15-11-13(3)6-7-16(15)19/h6-7,11-12,14,19H,4-5,8-10H2,1-3H3. The molecule has 1 aromatic carbocycles. The minimum atomic E-state index is -0.0318. The van der Waals surface area contributed by atoms with Gasteiger partial charge in [-0.25, -0.2) is 0 Å². The van der Waals surface area contributed by atoms with Crippen LogP contribution in [-0.2, 0) is 0 Å². The van der Waals surface area contributed by atoms with Crippen LogP contribution in [0.1, 0.15) is 49.0 Å². The molecule has 0 saturated carbocycles. The van der Waals surface area contributed by atoms with Gasteiger partial charge in [-0.3, -0.25) is 4.79 Å². The highest BCUT2D eigenvalue weighted by Crippen LogP contribution is 2.27. The molecule has 1 aromatic rings. The summed E-state index contributed by atoms with van der Waals surface area (Å²) in [6.45, 7) is 8.06. The van der Waals surface area contributed by atoms with Crippen molar-refractivity contribution in [2.24, 2.45) is 11.8 Å². The Morgan fingerprint density at radius 3 is 2.75 bits per heavy atom. The summed E-state index contributed by atoms with van der Waals surface area (Å²) in [7, 11) is 0. The number of aryl methyl sites for hydroxylation is 1. The van der Waals surface area contributed by atoms with Crippen molar-refractivity contribution in [2.75, 3.05) is 13.1 Å². The number of carbonyl (C=O) groups is 1. The van der Waals surface area contributed by atoms with Crippen molar-refractivity contribution in [2.45, 2.75) is 40.0 Å². The van der Waals surface area contributed by atoms with Crippen LogP contribution >= 0.6 is 0 Å². The highest BCUT2D eigenvalue weighted by molar-refractivity contribution is 5.97. The lowest BCUT2D eigenvalue weighted by molar-refractivity contribution is 0.0755. The fourth-order valence-electron chi connectivity index (χ4n) is 2.98. The molecule has 20 heavy (non-hydrogen) atoms. The number of phenols is 1. The first-order valence-corrected chi connectivity index (χ1v) is 7.58. The zero-order chi connectivity index (χ0) is 14.7. The van der Waals surface area contributed by atoms with Gasteiger partial charge in [0, 0.05) is 13.1 Å². The molecule has 0 bridgehead atoms. The lowest BCUT2D eigenvalue weighted by Crippen LogP contribution is -2.32. The third-order valence-electron chi connectivity index (χ3n) is 4.39. The maximum atomic E-state index is 12.6. The van der Waals surface area contributed by atoms with Crippen LogP contribution < -0.4 is 0 Å². The van der Waals surface area contributed by atoms with E-state index in [2.05, 4.69) is 13.8 Å². The summed E-state index contributed by atoms with van der Waals surface area (Å²) < 4.78 is 0. The summed E-state index contributed by atoms with van der Waals surface area (Å²) >= 11 is 0. The Labute approximate surface area is 121 Å². The Morgan fingerprint density at radius 1 is 1.30 bits per heavy atom. The lowest BCUT2D eigenvalue weighted by atomic mass is 9.89. The van der Waals surface area contributed by atoms with Gasteiger partial charge in [-0.2, -0.15) is 0 Å². The third kappa shape index (κ3) is 3.33. The predicted octanol–water partition coefficient (Wildman–Crippen LogP) is 3.60. The number of amides is 1. The molecular weight excluding hydrogens is 250 g/mol. The van der Waals surface area contributed by atoms with E-state index in [1.807, 2.05) is 17.9 Å². The van der Waals surface area contributed by atoms with Gasteiger partial charge in [0.1, 0.15) is 5.75 Å². The van der Waals surface area contributed by atoms with Gasteiger partial charge in [0.25, 0.3) is 5.91 Å². The van der Waals surface area contributed by atoms with Crippen molar-refractivity contribution in [3.63, 3.8) is 0 Å². The second-order valence-electron chi connectivity index (χ2n) is 6.25. The van der Waals surface area contributed by atoms with Gasteiger partial charge in [0.05, 0.1) is 5.56 Å². The monoisotopic (exact) mass is 275 g/mol. The maximum absolute atomic E-state index is 12.6. The Bertz CT molecular complexity index is 482. The molecule has 1 saturated heterocycles. The number of phenolic OH excluding ortho intramolecular Hbond substituents is 1. The molecule has 1 aliphatic heterocycles. The van der Waals surface area contributed by atoms with Crippen molar-refractivity contribution in [3.05, 3.63) is 29.3 Å². The van der Waals surface area contributed by atoms with Gasteiger partial charge >= 0.3 is 0 Å². The summed E-state index contributed by atoms with van der Waals surface area (Å²) in [5.41, 5.74) is 1.44. The maximum Gasteiger partial charge on any atom is 0.257 e. The van der Waals surface area contributed by atoms with Gasteiger partial charge < -0.3 is 10.0 Å². The summed E-state index contributed by atoms with van der Waals surface area (Å²) in [4.78, 5) is 14.5. The topological polar surface area (TPSA) is 40.5 Å². The third-order valence-corrected chi connectivity index (χ3v) is 4.39. The van der Waals surface area contributed by atoms with Crippen molar-refractivity contribution in [3.8, 4) is 5.75 Å². The van der Waals surface area contributed by atoms with Crippen LogP contribution in [0.3, 0.4) is 0 Å². The largest absolute Gasteiger partial charge is 0.507 e. The van der Waals surface area contributed by atoms with Gasteiger partial charge in [-0.05, 0) is 50.2 Å². The lowest BCUT2D eigenvalue weighted by Gasteiger charge is -2.22. The van der Waals surface area contributed by atoms with E-state index in [-0.39, 0.29) is 11.7 Å². The van der Waals surface area contributed by atoms with Crippen LogP contribution in [0.25, 0.3) is 0 Å². The highest BCUT2D eigenvalue weighted by atomic mass is 16.3. The minimum absolute atomic E-state index is 0.0318. The molecule has 1 N–H and O–H groups in total. The first kappa shape index (κ1) is 14.9. The van der Waals surface area contributed by atoms with E-state index in [0.717, 1.165) is 31.5 Å². The number of benzene rings is 1. The van der Waals surface area contributed by atoms with Crippen molar-refractivity contribution in [1.82, 2.24) is 4.90 Å². The van der Waals surface area contributed by atoms with Gasteiger partial charge in [0.2, 0.25) is 0 Å². The number of aromatic hydroxyl groups is 1. The number of nitrogens with zero attached hydrogens (tertiary/aromatic N) is 1. The van der Waals surface area contributed by atoms with Crippen molar-refractivity contribution < 1.29 is 9.90 Å². The summed E-state index contributed by atoms with van der Waals surface area (Å²) in [5, 5.41) is 9.90. The van der Waals surface area contributed by atoms with E-state index in [1.54, 1.807) is 12.1 Å². The average Bonchev–Trinajstić information content (AvgIpc) is 2.66. The quantitative estimate of drug-likeness (QED) is 0.896. The van der Waals surface area contributed by atoms with E-state index >= 15 is 0 Å². The first-order chi connectivity index (χ1) is 9.49. The Morgan fingerprint density at radius 2 is 2.05 bits per heavy atom. The second kappa shape index (κ2) is 6.29. The van der Waals surface area contributed by atoms with Crippen LogP contribution in [0.2, 0.25) is 0 Å². The summed E-state index contributed by atoms with van der Waals surface area (Å²) in [6, 6.07) is 5.21.